The number of hydrogen-bond donors (Lipinski definition) is 0. The third-order valence-electron chi connectivity index (χ3n) is 7.61. The molecule has 0 aromatic heterocycles. The number of hydrogen-bond acceptors (Lipinski definition) is 20. The third kappa shape index (κ3) is 56.7. The summed E-state index contributed by atoms with van der Waals surface area (Å²) in [6, 6.07) is 0. The van der Waals surface area contributed by atoms with E-state index in [4.69, 9.17) is 47.4 Å². The van der Waals surface area contributed by atoms with E-state index in [1.165, 1.54) is 0 Å². The van der Waals surface area contributed by atoms with Crippen molar-refractivity contribution in [1.82, 2.24) is 0 Å². The van der Waals surface area contributed by atoms with Crippen molar-refractivity contribution in [2.45, 2.75) is 105 Å². The van der Waals surface area contributed by atoms with E-state index in [1.807, 2.05) is 0 Å². The predicted octanol–water partition coefficient (Wildman–Crippen LogP) is 7.68. The molecule has 0 aliphatic rings. The SMILES string of the molecule is C=C(C)C(=O)OCCC(C)OC(=O)C(=C)C.C=C(C)C(=O)OCCCCOC(=O)C(=C)C.C=CC(=O)OCCC(C)OC(=O)C=C.C=CC(=O)OCCCCOC(=O)C=C.C=CC(=O)OCCCCOC(=O)C=C. The lowest BCUT2D eigenvalue weighted by Crippen LogP contribution is -2.18. The van der Waals surface area contributed by atoms with Gasteiger partial charge >= 0.3 is 59.7 Å². The second-order valence-corrected chi connectivity index (χ2v) is 14.8. The van der Waals surface area contributed by atoms with Gasteiger partial charge in [-0.15, -0.1) is 0 Å². The van der Waals surface area contributed by atoms with Crippen molar-refractivity contribution < 1.29 is 95.3 Å². The molecule has 0 saturated carbocycles. The van der Waals surface area contributed by atoms with Crippen molar-refractivity contribution in [1.29, 1.82) is 0 Å². The van der Waals surface area contributed by atoms with E-state index in [0.29, 0.717) is 113 Å². The first kappa shape index (κ1) is 75.0. The van der Waals surface area contributed by atoms with Crippen molar-refractivity contribution in [2.75, 3.05) is 52.9 Å². The Labute approximate surface area is 436 Å². The van der Waals surface area contributed by atoms with Crippen LogP contribution in [-0.2, 0) is 95.3 Å². The van der Waals surface area contributed by atoms with Crippen LogP contribution in [0.3, 0.4) is 0 Å². The molecule has 0 aromatic rings. The number of esters is 10. The Balaban J connectivity index is -0.000000268. The van der Waals surface area contributed by atoms with E-state index >= 15 is 0 Å². The van der Waals surface area contributed by atoms with E-state index < -0.39 is 47.8 Å². The Kier molecular flexibility index (Phi) is 52.2. The topological polar surface area (TPSA) is 263 Å². The molecule has 0 amide bonds. The summed E-state index contributed by atoms with van der Waals surface area (Å²) >= 11 is 0. The van der Waals surface area contributed by atoms with Crippen LogP contribution in [0.4, 0.5) is 0 Å². The normalized spacial score (nSPS) is 9.97. The van der Waals surface area contributed by atoms with Crippen LogP contribution in [-0.4, -0.2) is 125 Å². The molecule has 0 bridgehead atoms. The number of rotatable bonds is 33. The first-order valence-electron chi connectivity index (χ1n) is 22.9. The molecule has 0 N–H and O–H groups in total. The summed E-state index contributed by atoms with van der Waals surface area (Å²) in [5.41, 5.74) is 1.47. The fraction of sp³-hybridized carbons (Fsp3) is 0.444. The van der Waals surface area contributed by atoms with Gasteiger partial charge in [0.2, 0.25) is 0 Å². The van der Waals surface area contributed by atoms with E-state index in [2.05, 4.69) is 65.8 Å². The van der Waals surface area contributed by atoms with Crippen LogP contribution in [0.1, 0.15) is 92.9 Å². The van der Waals surface area contributed by atoms with Gasteiger partial charge in [0.05, 0.1) is 52.9 Å². The zero-order valence-corrected chi connectivity index (χ0v) is 44.2. The Hall–Kier alpha value is -7.90. The van der Waals surface area contributed by atoms with Gasteiger partial charge in [0.15, 0.2) is 0 Å². The highest BCUT2D eigenvalue weighted by Crippen LogP contribution is 2.04. The van der Waals surface area contributed by atoms with Gasteiger partial charge in [-0.3, -0.25) is 0 Å². The molecule has 414 valence electrons. The average molecular weight is 1050 g/mol. The molecular formula is C54H78O20. The first-order valence-corrected chi connectivity index (χ1v) is 22.9. The van der Waals surface area contributed by atoms with Crippen LogP contribution in [0.25, 0.3) is 0 Å². The second-order valence-electron chi connectivity index (χ2n) is 14.8. The van der Waals surface area contributed by atoms with Gasteiger partial charge in [0, 0.05) is 71.6 Å². The summed E-state index contributed by atoms with van der Waals surface area (Å²) in [6.45, 7) is 45.5. The number of carbonyl (C=O) groups is 10. The zero-order chi connectivity index (χ0) is 57.9. The van der Waals surface area contributed by atoms with Crippen molar-refractivity contribution in [2.24, 2.45) is 0 Å². The number of carbonyl (C=O) groups excluding carboxylic acids is 10. The molecule has 0 fully saturated rings. The van der Waals surface area contributed by atoms with E-state index in [1.54, 1.807) is 41.5 Å². The number of unbranched alkanes of at least 4 members (excludes halogenated alkanes) is 3. The van der Waals surface area contributed by atoms with Crippen molar-refractivity contribution in [3.8, 4) is 0 Å². The Morgan fingerprint density at radius 2 is 0.514 bits per heavy atom. The standard InChI is InChI=1S/2C12H18O4.3C10H14O4/c1-8(2)11(13)15-7-6-10(5)16-12(14)9(3)4;1-9(2)11(13)15-7-5-6-8-16-12(14)10(3)4;1-4-9(11)13-7-6-8(3)14-10(12)5-2;2*1-3-9(11)13-7-5-6-8-14-10(12)4-2/h10H,1,3,6-7H2,2,4-5H3;1,3,5-8H2,2,4H3;4-5,8H,1-2,6-7H2,3H3;2*3-4H,1-2,5-8H2. The summed E-state index contributed by atoms with van der Waals surface area (Å²) < 4.78 is 48.0. The lowest BCUT2D eigenvalue weighted by Gasteiger charge is -2.13. The van der Waals surface area contributed by atoms with Crippen molar-refractivity contribution >= 4 is 59.7 Å². The summed E-state index contributed by atoms with van der Waals surface area (Å²) in [6.07, 6.45) is 10.9. The Morgan fingerprint density at radius 3 is 0.757 bits per heavy atom. The predicted molar refractivity (Wildman–Crippen MR) is 276 cm³/mol. The van der Waals surface area contributed by atoms with Gasteiger partial charge < -0.3 is 47.4 Å². The lowest BCUT2D eigenvalue weighted by molar-refractivity contribution is -0.146. The monoisotopic (exact) mass is 1050 g/mol. The third-order valence-corrected chi connectivity index (χ3v) is 7.61. The molecule has 0 aromatic carbocycles. The highest BCUT2D eigenvalue weighted by Gasteiger charge is 2.12. The van der Waals surface area contributed by atoms with Crippen LogP contribution in [0.5, 0.6) is 0 Å². The molecule has 0 heterocycles. The van der Waals surface area contributed by atoms with Crippen LogP contribution in [0.2, 0.25) is 0 Å². The Morgan fingerprint density at radius 1 is 0.311 bits per heavy atom. The highest BCUT2D eigenvalue weighted by atomic mass is 16.6. The smallest absolute Gasteiger partial charge is 0.333 e. The summed E-state index contributed by atoms with van der Waals surface area (Å²) in [7, 11) is 0. The lowest BCUT2D eigenvalue weighted by atomic mass is 10.3. The van der Waals surface area contributed by atoms with Crippen LogP contribution < -0.4 is 0 Å². The minimum atomic E-state index is -0.479. The molecular weight excluding hydrogens is 969 g/mol. The van der Waals surface area contributed by atoms with E-state index in [9.17, 15) is 47.9 Å². The molecule has 2 atom stereocenters. The largest absolute Gasteiger partial charge is 0.463 e. The molecule has 0 rings (SSSR count). The average Bonchev–Trinajstić information content (AvgIpc) is 3.36. The maximum absolute atomic E-state index is 11.1. The van der Waals surface area contributed by atoms with E-state index in [0.717, 1.165) is 36.5 Å². The van der Waals surface area contributed by atoms with Crippen LogP contribution >= 0.6 is 0 Å². The van der Waals surface area contributed by atoms with Gasteiger partial charge in [0.25, 0.3) is 0 Å². The molecule has 20 nitrogen and oxygen atoms in total. The van der Waals surface area contributed by atoms with Crippen molar-refractivity contribution in [3.63, 3.8) is 0 Å². The van der Waals surface area contributed by atoms with Gasteiger partial charge in [-0.05, 0) is 80.1 Å². The zero-order valence-electron chi connectivity index (χ0n) is 44.2. The summed E-state index contributed by atoms with van der Waals surface area (Å²) in [4.78, 5) is 108. The summed E-state index contributed by atoms with van der Waals surface area (Å²) in [5, 5.41) is 0. The van der Waals surface area contributed by atoms with Crippen molar-refractivity contribution in [3.05, 3.63) is 125 Å². The quantitative estimate of drug-likeness (QED) is 0.0264. The van der Waals surface area contributed by atoms with Gasteiger partial charge in [-0.2, -0.15) is 0 Å². The van der Waals surface area contributed by atoms with E-state index in [-0.39, 0.29) is 37.4 Å². The Bertz CT molecular complexity index is 1760. The van der Waals surface area contributed by atoms with Gasteiger partial charge in [-0.25, -0.2) is 47.9 Å². The molecule has 0 spiro atoms. The fourth-order valence-electron chi connectivity index (χ4n) is 3.59. The maximum Gasteiger partial charge on any atom is 0.333 e. The molecule has 2 unspecified atom stereocenters. The minimum Gasteiger partial charge on any atom is -0.463 e. The minimum absolute atomic E-state index is 0.205. The molecule has 0 aliphatic carbocycles. The first-order chi connectivity index (χ1) is 34.8. The summed E-state index contributed by atoms with van der Waals surface area (Å²) in [5.74, 6) is -4.35. The van der Waals surface area contributed by atoms with Crippen LogP contribution in [0, 0.1) is 0 Å². The highest BCUT2D eigenvalue weighted by molar-refractivity contribution is 5.88. The van der Waals surface area contributed by atoms with Gasteiger partial charge in [-0.1, -0.05) is 65.8 Å². The van der Waals surface area contributed by atoms with Gasteiger partial charge in [0.1, 0.15) is 12.2 Å². The second kappa shape index (κ2) is 51.5. The molecule has 0 radical (unpaired) electrons. The molecule has 0 aliphatic heterocycles. The molecule has 0 saturated heterocycles. The number of ether oxygens (including phenoxy) is 10. The fourth-order valence-corrected chi connectivity index (χ4v) is 3.59. The van der Waals surface area contributed by atoms with Crippen LogP contribution in [0.15, 0.2) is 125 Å². The molecule has 20 heteroatoms. The maximum atomic E-state index is 11.1. The molecule has 74 heavy (non-hydrogen) atoms.